The molecule has 1 saturated heterocycles. The predicted octanol–water partition coefficient (Wildman–Crippen LogP) is 4.66. The number of anilines is 1. The molecule has 0 saturated carbocycles. The number of benzene rings is 1. The zero-order valence-corrected chi connectivity index (χ0v) is 20.4. The molecular weight excluding hydrogens is 456 g/mol. The Hall–Kier alpha value is -3.24. The van der Waals surface area contributed by atoms with Gasteiger partial charge in [0, 0.05) is 19.2 Å². The van der Waals surface area contributed by atoms with E-state index < -0.39 is 39.1 Å². The Morgan fingerprint density at radius 3 is 2.26 bits per heavy atom. The monoisotopic (exact) mass is 492 g/mol. The van der Waals surface area contributed by atoms with Crippen LogP contribution in [0, 0.1) is 20.2 Å². The minimum Gasteiger partial charge on any atom is -0.466 e. The highest BCUT2D eigenvalue weighted by Crippen LogP contribution is 2.34. The van der Waals surface area contributed by atoms with Gasteiger partial charge in [-0.1, -0.05) is 64.7 Å². The van der Waals surface area contributed by atoms with Crippen molar-refractivity contribution in [1.82, 2.24) is 5.32 Å². The third-order valence-electron chi connectivity index (χ3n) is 6.13. The number of esters is 1. The lowest BCUT2D eigenvalue weighted by molar-refractivity contribution is -0.393. The molecule has 0 aromatic heterocycles. The predicted molar refractivity (Wildman–Crippen MR) is 131 cm³/mol. The number of carbonyl (C=O) groups is 2. The highest BCUT2D eigenvalue weighted by Gasteiger charge is 2.36. The normalized spacial score (nSPS) is 15.5. The van der Waals surface area contributed by atoms with E-state index in [0.29, 0.717) is 0 Å². The summed E-state index contributed by atoms with van der Waals surface area (Å²) >= 11 is 0. The Labute approximate surface area is 205 Å². The molecule has 1 heterocycles. The number of nitrogens with zero attached hydrogens (tertiary/aromatic N) is 3. The summed E-state index contributed by atoms with van der Waals surface area (Å²) in [5, 5.41) is 25.2. The van der Waals surface area contributed by atoms with Crippen LogP contribution in [0.5, 0.6) is 0 Å². The molecule has 194 valence electrons. The number of nitrogens with one attached hydrogen (secondary N) is 1. The van der Waals surface area contributed by atoms with Crippen LogP contribution in [0.1, 0.15) is 77.6 Å². The van der Waals surface area contributed by atoms with Gasteiger partial charge >= 0.3 is 5.97 Å². The number of hydrogen-bond acceptors (Lipinski definition) is 8. The standard InChI is InChI=1S/C24H36N4O7/c1-2-3-4-5-6-7-8-9-10-11-16-35-23(29)18-22-24(30)25-14-15-26(22)20-13-12-19(27(31)32)17-21(20)28(33)34/h12-13,17,22H,2-11,14-16,18H2,1H3,(H,25,30). The smallest absolute Gasteiger partial charge is 0.308 e. The maximum absolute atomic E-state index is 12.5. The minimum atomic E-state index is -0.996. The summed E-state index contributed by atoms with van der Waals surface area (Å²) in [4.78, 5) is 47.5. The van der Waals surface area contributed by atoms with Crippen LogP contribution >= 0.6 is 0 Å². The third kappa shape index (κ3) is 9.14. The fourth-order valence-corrected chi connectivity index (χ4v) is 4.21. The molecule has 11 heteroatoms. The molecule has 1 aromatic rings. The Kier molecular flexibility index (Phi) is 11.9. The van der Waals surface area contributed by atoms with Gasteiger partial charge in [-0.05, 0) is 12.5 Å². The number of amides is 1. The molecule has 1 amide bonds. The van der Waals surface area contributed by atoms with Gasteiger partial charge < -0.3 is 15.0 Å². The molecule has 2 rings (SSSR count). The molecule has 1 N–H and O–H groups in total. The molecule has 0 radical (unpaired) electrons. The zero-order chi connectivity index (χ0) is 25.6. The number of non-ortho nitro benzene ring substituents is 1. The van der Waals surface area contributed by atoms with E-state index in [4.69, 9.17) is 4.74 Å². The van der Waals surface area contributed by atoms with E-state index in [2.05, 4.69) is 12.2 Å². The van der Waals surface area contributed by atoms with Crippen molar-refractivity contribution in [2.75, 3.05) is 24.6 Å². The van der Waals surface area contributed by atoms with Gasteiger partial charge in [0.05, 0.1) is 28.9 Å². The van der Waals surface area contributed by atoms with Crippen molar-refractivity contribution in [3.05, 3.63) is 38.4 Å². The maximum Gasteiger partial charge on any atom is 0.308 e. The molecule has 1 aliphatic heterocycles. The molecule has 1 aliphatic rings. The van der Waals surface area contributed by atoms with Gasteiger partial charge in [0.15, 0.2) is 0 Å². The molecule has 35 heavy (non-hydrogen) atoms. The van der Waals surface area contributed by atoms with E-state index in [-0.39, 0.29) is 31.8 Å². The van der Waals surface area contributed by atoms with Crippen LogP contribution in [0.3, 0.4) is 0 Å². The molecule has 1 aromatic carbocycles. The van der Waals surface area contributed by atoms with E-state index in [0.717, 1.165) is 31.4 Å². The largest absolute Gasteiger partial charge is 0.466 e. The number of ether oxygens (including phenoxy) is 1. The third-order valence-corrected chi connectivity index (χ3v) is 6.13. The van der Waals surface area contributed by atoms with E-state index in [9.17, 15) is 29.8 Å². The Morgan fingerprint density at radius 1 is 1.03 bits per heavy atom. The van der Waals surface area contributed by atoms with Gasteiger partial charge in [0.1, 0.15) is 11.7 Å². The fraction of sp³-hybridized carbons (Fsp3) is 0.667. The quantitative estimate of drug-likeness (QED) is 0.152. The second-order valence-corrected chi connectivity index (χ2v) is 8.79. The molecule has 0 aliphatic carbocycles. The average molecular weight is 493 g/mol. The lowest BCUT2D eigenvalue weighted by Crippen LogP contribution is -2.56. The van der Waals surface area contributed by atoms with Crippen LogP contribution in [-0.4, -0.2) is 47.5 Å². The van der Waals surface area contributed by atoms with Crippen LogP contribution in [0.2, 0.25) is 0 Å². The lowest BCUT2D eigenvalue weighted by Gasteiger charge is -2.35. The van der Waals surface area contributed by atoms with Gasteiger partial charge in [-0.2, -0.15) is 0 Å². The first-order valence-corrected chi connectivity index (χ1v) is 12.5. The van der Waals surface area contributed by atoms with E-state index >= 15 is 0 Å². The van der Waals surface area contributed by atoms with Crippen molar-refractivity contribution in [1.29, 1.82) is 0 Å². The number of piperazine rings is 1. The van der Waals surface area contributed by atoms with Crippen molar-refractivity contribution < 1.29 is 24.2 Å². The summed E-state index contributed by atoms with van der Waals surface area (Å²) in [6, 6.07) is 2.26. The first-order chi connectivity index (χ1) is 16.8. The van der Waals surface area contributed by atoms with Gasteiger partial charge in [0.2, 0.25) is 5.91 Å². The second kappa shape index (κ2) is 14.9. The van der Waals surface area contributed by atoms with Crippen LogP contribution in [0.15, 0.2) is 18.2 Å². The number of nitro groups is 2. The van der Waals surface area contributed by atoms with Crippen molar-refractivity contribution in [2.45, 2.75) is 83.6 Å². The van der Waals surface area contributed by atoms with Gasteiger partial charge in [0.25, 0.3) is 11.4 Å². The SMILES string of the molecule is CCCCCCCCCCCCOC(=O)CC1C(=O)NCCN1c1ccc([N+](=O)[O-])cc1[N+](=O)[O-]. The fourth-order valence-electron chi connectivity index (χ4n) is 4.21. The van der Waals surface area contributed by atoms with E-state index in [1.807, 2.05) is 0 Å². The summed E-state index contributed by atoms with van der Waals surface area (Å²) in [6.07, 6.45) is 11.4. The van der Waals surface area contributed by atoms with Gasteiger partial charge in [-0.3, -0.25) is 29.8 Å². The van der Waals surface area contributed by atoms with Crippen molar-refractivity contribution in [2.24, 2.45) is 0 Å². The summed E-state index contributed by atoms with van der Waals surface area (Å²) in [7, 11) is 0. The summed E-state index contributed by atoms with van der Waals surface area (Å²) in [6.45, 7) is 2.93. The van der Waals surface area contributed by atoms with E-state index in [1.54, 1.807) is 0 Å². The number of nitro benzene ring substituents is 2. The first kappa shape index (κ1) is 28.0. The highest BCUT2D eigenvalue weighted by molar-refractivity contribution is 5.91. The topological polar surface area (TPSA) is 145 Å². The van der Waals surface area contributed by atoms with Crippen LogP contribution < -0.4 is 10.2 Å². The first-order valence-electron chi connectivity index (χ1n) is 12.5. The summed E-state index contributed by atoms with van der Waals surface area (Å²) in [5.74, 6) is -1.00. The second-order valence-electron chi connectivity index (χ2n) is 8.79. The van der Waals surface area contributed by atoms with Crippen LogP contribution in [0.4, 0.5) is 17.1 Å². The molecular formula is C24H36N4O7. The number of unbranched alkanes of at least 4 members (excludes halogenated alkanes) is 9. The maximum atomic E-state index is 12.5. The Bertz CT molecular complexity index is 877. The average Bonchev–Trinajstić information content (AvgIpc) is 2.83. The lowest BCUT2D eigenvalue weighted by atomic mass is 10.1. The number of hydrogen-bond donors (Lipinski definition) is 1. The van der Waals surface area contributed by atoms with E-state index in [1.165, 1.54) is 55.9 Å². The number of carbonyl (C=O) groups excluding carboxylic acids is 2. The van der Waals surface area contributed by atoms with Crippen LogP contribution in [-0.2, 0) is 14.3 Å². The zero-order valence-electron chi connectivity index (χ0n) is 20.4. The van der Waals surface area contributed by atoms with Crippen LogP contribution in [0.25, 0.3) is 0 Å². The minimum absolute atomic E-state index is 0.0583. The molecule has 1 fully saturated rings. The Morgan fingerprint density at radius 2 is 1.66 bits per heavy atom. The molecule has 1 unspecified atom stereocenters. The molecule has 0 bridgehead atoms. The molecule has 1 atom stereocenters. The Balaban J connectivity index is 1.84. The van der Waals surface area contributed by atoms with Crippen molar-refractivity contribution >= 4 is 28.9 Å². The highest BCUT2D eigenvalue weighted by atomic mass is 16.6. The molecule has 11 nitrogen and oxygen atoms in total. The number of rotatable bonds is 16. The van der Waals surface area contributed by atoms with Gasteiger partial charge in [-0.25, -0.2) is 0 Å². The summed E-state index contributed by atoms with van der Waals surface area (Å²) in [5.41, 5.74) is -0.852. The van der Waals surface area contributed by atoms with Gasteiger partial charge in [-0.15, -0.1) is 0 Å². The van der Waals surface area contributed by atoms with Crippen molar-refractivity contribution in [3.63, 3.8) is 0 Å². The summed E-state index contributed by atoms with van der Waals surface area (Å²) < 4.78 is 5.31. The van der Waals surface area contributed by atoms with Crippen molar-refractivity contribution in [3.8, 4) is 0 Å². The molecule has 0 spiro atoms.